The Labute approximate surface area is 170 Å². The number of fused-ring (bicyclic) bond motifs is 1. The number of hydrogen-bond donors (Lipinski definition) is 0. The SMILES string of the molecule is CCOC(=O)C(CCCN1C(=O)c2ccccc2C1=O)CCCC(C)(C)[N+](=O)[O-]. The zero-order chi connectivity index (χ0) is 21.6. The van der Waals surface area contributed by atoms with Crippen molar-refractivity contribution in [3.63, 3.8) is 0 Å². The van der Waals surface area contributed by atoms with E-state index in [1.54, 1.807) is 45.0 Å². The first-order valence-electron chi connectivity index (χ1n) is 9.95. The summed E-state index contributed by atoms with van der Waals surface area (Å²) in [5, 5.41) is 11.1. The molecule has 0 saturated carbocycles. The molecule has 0 aromatic heterocycles. The highest BCUT2D eigenvalue weighted by molar-refractivity contribution is 6.21. The van der Waals surface area contributed by atoms with Crippen LogP contribution in [0.4, 0.5) is 0 Å². The molecule has 1 unspecified atom stereocenters. The van der Waals surface area contributed by atoms with Gasteiger partial charge in [-0.1, -0.05) is 12.1 Å². The lowest BCUT2D eigenvalue weighted by atomic mass is 9.91. The van der Waals surface area contributed by atoms with Crippen LogP contribution in [0.25, 0.3) is 0 Å². The normalized spacial score (nSPS) is 14.7. The van der Waals surface area contributed by atoms with E-state index < -0.39 is 11.5 Å². The molecule has 158 valence electrons. The molecule has 0 bridgehead atoms. The van der Waals surface area contributed by atoms with Crippen LogP contribution < -0.4 is 0 Å². The number of imide groups is 1. The van der Waals surface area contributed by atoms with E-state index >= 15 is 0 Å². The molecule has 0 fully saturated rings. The van der Waals surface area contributed by atoms with Crippen molar-refractivity contribution in [2.45, 2.75) is 58.4 Å². The Morgan fingerprint density at radius 3 is 2.21 bits per heavy atom. The average molecular weight is 404 g/mol. The van der Waals surface area contributed by atoms with Gasteiger partial charge in [-0.05, 0) is 44.7 Å². The average Bonchev–Trinajstić information content (AvgIpc) is 2.91. The van der Waals surface area contributed by atoms with E-state index in [-0.39, 0.29) is 35.9 Å². The second kappa shape index (κ2) is 9.62. The molecule has 1 aromatic carbocycles. The summed E-state index contributed by atoms with van der Waals surface area (Å²) in [7, 11) is 0. The lowest BCUT2D eigenvalue weighted by Crippen LogP contribution is -2.32. The molecule has 8 nitrogen and oxygen atoms in total. The Bertz CT molecular complexity index is 754. The van der Waals surface area contributed by atoms with E-state index in [0.29, 0.717) is 43.2 Å². The number of amides is 2. The van der Waals surface area contributed by atoms with Crippen molar-refractivity contribution in [1.82, 2.24) is 4.90 Å². The van der Waals surface area contributed by atoms with Gasteiger partial charge in [0.15, 0.2) is 0 Å². The smallest absolute Gasteiger partial charge is 0.308 e. The second-order valence-electron chi connectivity index (χ2n) is 7.86. The molecule has 2 amide bonds. The third-order valence-electron chi connectivity index (χ3n) is 5.27. The molecule has 2 rings (SSSR count). The molecule has 0 spiro atoms. The van der Waals surface area contributed by atoms with Gasteiger partial charge in [0.2, 0.25) is 5.54 Å². The molecular formula is C21H28N2O6. The summed E-state index contributed by atoms with van der Waals surface area (Å²) in [6, 6.07) is 6.70. The van der Waals surface area contributed by atoms with Crippen molar-refractivity contribution in [2.24, 2.45) is 5.92 Å². The van der Waals surface area contributed by atoms with Crippen molar-refractivity contribution in [3.8, 4) is 0 Å². The topological polar surface area (TPSA) is 107 Å². The highest BCUT2D eigenvalue weighted by Crippen LogP contribution is 2.25. The van der Waals surface area contributed by atoms with Crippen LogP contribution in [0, 0.1) is 16.0 Å². The minimum Gasteiger partial charge on any atom is -0.466 e. The zero-order valence-electron chi connectivity index (χ0n) is 17.2. The van der Waals surface area contributed by atoms with Crippen LogP contribution in [0.15, 0.2) is 24.3 Å². The number of carbonyl (C=O) groups excluding carboxylic acids is 3. The summed E-state index contributed by atoms with van der Waals surface area (Å²) in [6.45, 7) is 5.34. The van der Waals surface area contributed by atoms with Crippen LogP contribution in [0.2, 0.25) is 0 Å². The Morgan fingerprint density at radius 2 is 1.69 bits per heavy atom. The number of hydrogen-bond acceptors (Lipinski definition) is 6. The van der Waals surface area contributed by atoms with Crippen molar-refractivity contribution < 1.29 is 24.0 Å². The Kier molecular flexibility index (Phi) is 7.47. The van der Waals surface area contributed by atoms with Crippen LogP contribution >= 0.6 is 0 Å². The number of nitro groups is 1. The van der Waals surface area contributed by atoms with E-state index in [1.807, 2.05) is 0 Å². The van der Waals surface area contributed by atoms with Gasteiger partial charge in [0, 0.05) is 31.7 Å². The highest BCUT2D eigenvalue weighted by Gasteiger charge is 2.35. The van der Waals surface area contributed by atoms with Crippen molar-refractivity contribution in [2.75, 3.05) is 13.2 Å². The first-order chi connectivity index (χ1) is 13.7. The molecule has 29 heavy (non-hydrogen) atoms. The van der Waals surface area contributed by atoms with Gasteiger partial charge in [-0.3, -0.25) is 29.4 Å². The van der Waals surface area contributed by atoms with Crippen molar-refractivity contribution in [3.05, 3.63) is 45.5 Å². The Morgan fingerprint density at radius 1 is 1.14 bits per heavy atom. The van der Waals surface area contributed by atoms with Gasteiger partial charge in [0.25, 0.3) is 11.8 Å². The van der Waals surface area contributed by atoms with Crippen LogP contribution in [0.1, 0.15) is 73.6 Å². The van der Waals surface area contributed by atoms with E-state index in [0.717, 1.165) is 0 Å². The first kappa shape index (κ1) is 22.5. The molecule has 0 radical (unpaired) electrons. The fraction of sp³-hybridized carbons (Fsp3) is 0.571. The summed E-state index contributed by atoms with van der Waals surface area (Å²) in [5.41, 5.74) is -0.234. The van der Waals surface area contributed by atoms with Crippen LogP contribution in [0.5, 0.6) is 0 Å². The fourth-order valence-electron chi connectivity index (χ4n) is 3.45. The summed E-state index contributed by atoms with van der Waals surface area (Å²) < 4.78 is 5.13. The summed E-state index contributed by atoms with van der Waals surface area (Å²) in [5.74, 6) is -1.38. The molecule has 1 heterocycles. The number of ether oxygens (including phenoxy) is 1. The summed E-state index contributed by atoms with van der Waals surface area (Å²) in [6.07, 6.45) is 2.26. The molecule has 0 saturated heterocycles. The lowest BCUT2D eigenvalue weighted by molar-refractivity contribution is -0.561. The second-order valence-corrected chi connectivity index (χ2v) is 7.86. The number of esters is 1. The van der Waals surface area contributed by atoms with Gasteiger partial charge in [0.05, 0.1) is 23.7 Å². The van der Waals surface area contributed by atoms with Crippen LogP contribution in [0.3, 0.4) is 0 Å². The third kappa shape index (κ3) is 5.40. The van der Waals surface area contributed by atoms with Gasteiger partial charge in [0.1, 0.15) is 0 Å². The van der Waals surface area contributed by atoms with Gasteiger partial charge < -0.3 is 4.74 Å². The van der Waals surface area contributed by atoms with E-state index in [9.17, 15) is 24.5 Å². The predicted molar refractivity (Wildman–Crippen MR) is 106 cm³/mol. The number of benzene rings is 1. The predicted octanol–water partition coefficient (Wildman–Crippen LogP) is 3.47. The Balaban J connectivity index is 1.91. The van der Waals surface area contributed by atoms with E-state index in [1.165, 1.54) is 4.90 Å². The van der Waals surface area contributed by atoms with Gasteiger partial charge in [-0.15, -0.1) is 0 Å². The molecular weight excluding hydrogens is 376 g/mol. The zero-order valence-corrected chi connectivity index (χ0v) is 17.2. The molecule has 0 aliphatic carbocycles. The number of rotatable bonds is 11. The Hall–Kier alpha value is -2.77. The minimum absolute atomic E-state index is 0.225. The maximum atomic E-state index is 12.4. The van der Waals surface area contributed by atoms with Gasteiger partial charge in [-0.25, -0.2) is 0 Å². The van der Waals surface area contributed by atoms with Crippen LogP contribution in [-0.4, -0.2) is 46.3 Å². The molecule has 1 aliphatic rings. The standard InChI is InChI=1S/C21H28N2O6/c1-4-29-20(26)15(9-7-13-21(2,3)23(27)28)10-8-14-22-18(24)16-11-5-6-12-17(16)19(22)25/h5-6,11-12,15H,4,7-10,13-14H2,1-3H3. The highest BCUT2D eigenvalue weighted by atomic mass is 16.6. The maximum Gasteiger partial charge on any atom is 0.308 e. The molecule has 1 aromatic rings. The van der Waals surface area contributed by atoms with Crippen LogP contribution in [-0.2, 0) is 9.53 Å². The quantitative estimate of drug-likeness (QED) is 0.242. The van der Waals surface area contributed by atoms with E-state index in [4.69, 9.17) is 4.74 Å². The van der Waals surface area contributed by atoms with Gasteiger partial charge in [-0.2, -0.15) is 0 Å². The largest absolute Gasteiger partial charge is 0.466 e. The molecule has 1 aliphatic heterocycles. The fourth-order valence-corrected chi connectivity index (χ4v) is 3.45. The van der Waals surface area contributed by atoms with E-state index in [2.05, 4.69) is 0 Å². The minimum atomic E-state index is -1.04. The van der Waals surface area contributed by atoms with Gasteiger partial charge >= 0.3 is 5.97 Å². The lowest BCUT2D eigenvalue weighted by Gasteiger charge is -2.20. The number of nitrogens with zero attached hydrogens (tertiary/aromatic N) is 2. The monoisotopic (exact) mass is 404 g/mol. The third-order valence-corrected chi connectivity index (χ3v) is 5.27. The molecule has 1 atom stereocenters. The van der Waals surface area contributed by atoms with Crippen molar-refractivity contribution in [1.29, 1.82) is 0 Å². The summed E-state index contributed by atoms with van der Waals surface area (Å²) >= 11 is 0. The molecule has 8 heteroatoms. The molecule has 0 N–H and O–H groups in total. The first-order valence-corrected chi connectivity index (χ1v) is 9.95. The number of carbonyl (C=O) groups is 3. The summed E-state index contributed by atoms with van der Waals surface area (Å²) in [4.78, 5) is 49.0. The maximum absolute atomic E-state index is 12.4. The van der Waals surface area contributed by atoms with Crippen molar-refractivity contribution >= 4 is 17.8 Å².